The largest absolute Gasteiger partial charge is 0.550 e. The summed E-state index contributed by atoms with van der Waals surface area (Å²) < 4.78 is 6.52. The van der Waals surface area contributed by atoms with E-state index in [2.05, 4.69) is 10.4 Å². The summed E-state index contributed by atoms with van der Waals surface area (Å²) >= 11 is 6.45. The highest BCUT2D eigenvalue weighted by atomic mass is 35.5. The van der Waals surface area contributed by atoms with Gasteiger partial charge in [0.1, 0.15) is 10.8 Å². The second-order valence-corrected chi connectivity index (χ2v) is 9.80. The van der Waals surface area contributed by atoms with Gasteiger partial charge in [0.05, 0.1) is 36.2 Å². The maximum atomic E-state index is 13.4. The molecule has 0 aliphatic heterocycles. The first-order chi connectivity index (χ1) is 15.7. The molecule has 0 amide bonds. The molecule has 2 unspecified atom stereocenters. The highest BCUT2D eigenvalue weighted by Gasteiger charge is 2.59. The number of carbonyl (C=O) groups is 2. The lowest BCUT2D eigenvalue weighted by molar-refractivity contribution is -0.323. The maximum absolute atomic E-state index is 13.4. The molecule has 1 heterocycles. The molecule has 4 aliphatic rings. The molecule has 0 radical (unpaired) electrons. The van der Waals surface area contributed by atoms with Gasteiger partial charge in [0.25, 0.3) is 5.56 Å². The van der Waals surface area contributed by atoms with Crippen molar-refractivity contribution in [3.63, 3.8) is 0 Å². The minimum absolute atomic E-state index is 0.0249. The highest BCUT2D eigenvalue weighted by molar-refractivity contribution is 6.33. The predicted molar refractivity (Wildman–Crippen MR) is 114 cm³/mol. The van der Waals surface area contributed by atoms with E-state index in [1.165, 1.54) is 36.2 Å². The molecule has 0 spiro atoms. The molecule has 1 N–H and O–H groups in total. The molecule has 2 aromatic rings. The Balaban J connectivity index is 1.55. The molecule has 33 heavy (non-hydrogen) atoms. The van der Waals surface area contributed by atoms with Crippen molar-refractivity contribution < 1.29 is 24.5 Å². The SMILES string of the molecule is COc1ccc(C(=O)[O-])cc1Nc1cnn(C23C[C@@H]4CC(C[C@@H](C4)C2)[C@@H]3C(=O)[O-])c(=O)c1Cl. The van der Waals surface area contributed by atoms with Crippen LogP contribution in [0.4, 0.5) is 11.4 Å². The molecule has 5 atom stereocenters. The van der Waals surface area contributed by atoms with Crippen LogP contribution in [-0.2, 0) is 10.3 Å². The van der Waals surface area contributed by atoms with E-state index in [-0.39, 0.29) is 27.9 Å². The summed E-state index contributed by atoms with van der Waals surface area (Å²) in [5, 5.41) is 30.5. The summed E-state index contributed by atoms with van der Waals surface area (Å²) in [6, 6.07) is 4.10. The van der Waals surface area contributed by atoms with Gasteiger partial charge in [0, 0.05) is 11.9 Å². The molecular weight excluding hydrogens is 450 g/mol. The van der Waals surface area contributed by atoms with Crippen molar-refractivity contribution in [1.29, 1.82) is 0 Å². The summed E-state index contributed by atoms with van der Waals surface area (Å²) in [6.45, 7) is 0. The molecule has 4 saturated carbocycles. The molecular formula is C23H22ClN3O6-2. The third-order valence-electron chi connectivity index (χ3n) is 7.57. The van der Waals surface area contributed by atoms with Gasteiger partial charge in [-0.05, 0) is 73.6 Å². The number of aromatic nitrogens is 2. The van der Waals surface area contributed by atoms with E-state index in [1.54, 1.807) is 0 Å². The number of nitrogens with one attached hydrogen (secondary N) is 1. The molecule has 6 rings (SSSR count). The van der Waals surface area contributed by atoms with Crippen molar-refractivity contribution in [2.24, 2.45) is 23.7 Å². The van der Waals surface area contributed by atoms with Crippen LogP contribution in [0.15, 0.2) is 29.2 Å². The first-order valence-corrected chi connectivity index (χ1v) is 11.3. The number of methoxy groups -OCH3 is 1. The number of halogens is 1. The van der Waals surface area contributed by atoms with Crippen LogP contribution >= 0.6 is 11.6 Å². The lowest BCUT2D eigenvalue weighted by Crippen LogP contribution is -2.65. The Bertz CT molecular complexity index is 1200. The van der Waals surface area contributed by atoms with E-state index in [0.717, 1.165) is 19.3 Å². The highest BCUT2D eigenvalue weighted by Crippen LogP contribution is 2.61. The van der Waals surface area contributed by atoms with Crippen LogP contribution in [0.1, 0.15) is 42.5 Å². The second kappa shape index (κ2) is 7.76. The first-order valence-electron chi connectivity index (χ1n) is 10.9. The van der Waals surface area contributed by atoms with Crippen molar-refractivity contribution >= 4 is 34.9 Å². The number of carboxylic acids is 2. The summed E-state index contributed by atoms with van der Waals surface area (Å²) in [4.78, 5) is 36.8. The van der Waals surface area contributed by atoms with Crippen molar-refractivity contribution in [1.82, 2.24) is 9.78 Å². The van der Waals surface area contributed by atoms with Crippen LogP contribution in [0.3, 0.4) is 0 Å². The lowest BCUT2D eigenvalue weighted by Gasteiger charge is -2.61. The van der Waals surface area contributed by atoms with E-state index >= 15 is 0 Å². The van der Waals surface area contributed by atoms with Gasteiger partial charge in [-0.3, -0.25) is 4.79 Å². The van der Waals surface area contributed by atoms with E-state index < -0.39 is 29.0 Å². The Kier molecular flexibility index (Phi) is 5.12. The minimum atomic E-state index is -1.37. The van der Waals surface area contributed by atoms with Crippen molar-refractivity contribution in [3.05, 3.63) is 45.3 Å². The average Bonchev–Trinajstić information content (AvgIpc) is 2.75. The molecule has 4 aliphatic carbocycles. The summed E-state index contributed by atoms with van der Waals surface area (Å²) in [5.41, 5.74) is -1.20. The molecule has 174 valence electrons. The van der Waals surface area contributed by atoms with Crippen molar-refractivity contribution in [2.45, 2.75) is 37.6 Å². The van der Waals surface area contributed by atoms with Gasteiger partial charge in [0.2, 0.25) is 0 Å². The van der Waals surface area contributed by atoms with Crippen LogP contribution in [0.5, 0.6) is 5.75 Å². The smallest absolute Gasteiger partial charge is 0.288 e. The van der Waals surface area contributed by atoms with E-state index in [0.29, 0.717) is 30.4 Å². The number of aliphatic carboxylic acids is 1. The zero-order chi connectivity index (χ0) is 23.5. The number of hydrogen-bond donors (Lipinski definition) is 1. The van der Waals surface area contributed by atoms with Gasteiger partial charge in [0.15, 0.2) is 0 Å². The van der Waals surface area contributed by atoms with Crippen LogP contribution in [0.25, 0.3) is 0 Å². The van der Waals surface area contributed by atoms with Gasteiger partial charge in [-0.2, -0.15) is 5.10 Å². The predicted octanol–water partition coefficient (Wildman–Crippen LogP) is 0.914. The van der Waals surface area contributed by atoms with Crippen molar-refractivity contribution in [3.8, 4) is 5.75 Å². The normalized spacial score (nSPS) is 29.6. The fourth-order valence-corrected chi connectivity index (χ4v) is 6.81. The number of anilines is 2. The zero-order valence-electron chi connectivity index (χ0n) is 17.9. The Morgan fingerprint density at radius 2 is 1.88 bits per heavy atom. The molecule has 1 aromatic heterocycles. The minimum Gasteiger partial charge on any atom is -0.550 e. The Hall–Kier alpha value is -3.07. The zero-order valence-corrected chi connectivity index (χ0v) is 18.6. The summed E-state index contributed by atoms with van der Waals surface area (Å²) in [5.74, 6) is -2.27. The number of rotatable bonds is 6. The molecule has 10 heteroatoms. The van der Waals surface area contributed by atoms with Crippen LogP contribution in [-0.4, -0.2) is 28.8 Å². The maximum Gasteiger partial charge on any atom is 0.288 e. The fourth-order valence-electron chi connectivity index (χ4n) is 6.63. The Morgan fingerprint density at radius 3 is 2.48 bits per heavy atom. The molecule has 1 aromatic carbocycles. The fraction of sp³-hybridized carbons (Fsp3) is 0.478. The van der Waals surface area contributed by atoms with E-state index in [9.17, 15) is 24.6 Å². The van der Waals surface area contributed by atoms with E-state index in [4.69, 9.17) is 16.3 Å². The number of benzene rings is 1. The number of carboxylic acid groups (broad SMARTS) is 2. The number of aromatic carboxylic acids is 1. The van der Waals surface area contributed by atoms with Gasteiger partial charge >= 0.3 is 0 Å². The molecule has 9 nitrogen and oxygen atoms in total. The van der Waals surface area contributed by atoms with Gasteiger partial charge in [-0.1, -0.05) is 11.6 Å². The summed E-state index contributed by atoms with van der Waals surface area (Å²) in [7, 11) is 1.42. The number of hydrogen-bond acceptors (Lipinski definition) is 8. The topological polar surface area (TPSA) is 136 Å². The van der Waals surface area contributed by atoms with Crippen LogP contribution < -0.4 is 25.8 Å². The van der Waals surface area contributed by atoms with E-state index in [1.807, 2.05) is 0 Å². The second-order valence-electron chi connectivity index (χ2n) is 9.42. The van der Waals surface area contributed by atoms with Gasteiger partial charge < -0.3 is 29.9 Å². The van der Waals surface area contributed by atoms with Gasteiger partial charge in [-0.15, -0.1) is 0 Å². The number of nitrogens with zero attached hydrogens (tertiary/aromatic N) is 2. The van der Waals surface area contributed by atoms with Gasteiger partial charge in [-0.25, -0.2) is 4.68 Å². The van der Waals surface area contributed by atoms with Crippen molar-refractivity contribution in [2.75, 3.05) is 12.4 Å². The standard InChI is InChI=1S/C23H24ClN3O6/c1-33-17-3-2-13(21(29)30)7-15(17)26-16-10-25-27(20(28)19(16)24)23-8-11-4-12(9-23)6-14(5-11)18(23)22(31)32/h2-3,7,10-12,14,18,26H,4-6,8-9H2,1H3,(H,29,30)(H,31,32)/p-2/t11-,12+,14?,18-,23?/m1/s1. The first kappa shape index (κ1) is 21.8. The third-order valence-corrected chi connectivity index (χ3v) is 7.94. The summed E-state index contributed by atoms with van der Waals surface area (Å²) in [6.07, 6.45) is 5.22. The van der Waals surface area contributed by atoms with Crippen LogP contribution in [0.2, 0.25) is 5.02 Å². The molecule has 4 bridgehead atoms. The van der Waals surface area contributed by atoms with Crippen LogP contribution in [0, 0.1) is 23.7 Å². The number of carbonyl (C=O) groups excluding carboxylic acids is 2. The Morgan fingerprint density at radius 1 is 1.18 bits per heavy atom. The number of ether oxygens (including phenoxy) is 1. The Labute approximate surface area is 194 Å². The third kappa shape index (κ3) is 3.37. The average molecular weight is 472 g/mol. The quantitative estimate of drug-likeness (QED) is 0.656. The molecule has 0 saturated heterocycles. The molecule has 4 fully saturated rings. The lowest BCUT2D eigenvalue weighted by atomic mass is 9.48. The monoisotopic (exact) mass is 471 g/mol.